The summed E-state index contributed by atoms with van der Waals surface area (Å²) in [6, 6.07) is 12.0. The van der Waals surface area contributed by atoms with Crippen molar-refractivity contribution in [2.75, 3.05) is 0 Å². The fraction of sp³-hybridized carbons (Fsp3) is 0.250. The Morgan fingerprint density at radius 1 is 1.17 bits per heavy atom. The number of benzene rings is 2. The van der Waals surface area contributed by atoms with Crippen molar-refractivity contribution < 1.29 is 18.1 Å². The number of hydrogen-bond acceptors (Lipinski definition) is 5. The molecule has 1 N–H and O–H groups in total. The van der Waals surface area contributed by atoms with Crippen LogP contribution < -0.4 is 9.46 Å². The van der Waals surface area contributed by atoms with Gasteiger partial charge in [0.1, 0.15) is 5.75 Å². The predicted molar refractivity (Wildman–Crippen MR) is 89.3 cm³/mol. The molecule has 0 spiro atoms. The van der Waals surface area contributed by atoms with Crippen molar-refractivity contribution in [2.24, 2.45) is 0 Å². The molecule has 0 amide bonds. The van der Waals surface area contributed by atoms with Gasteiger partial charge in [-0.25, -0.2) is 13.1 Å². The van der Waals surface area contributed by atoms with Gasteiger partial charge in [-0.2, -0.15) is 0 Å². The first-order chi connectivity index (χ1) is 11.3. The lowest BCUT2D eigenvalue weighted by Crippen LogP contribution is -2.23. The molecule has 8 heteroatoms. The van der Waals surface area contributed by atoms with Gasteiger partial charge in [0.2, 0.25) is 10.0 Å². The highest BCUT2D eigenvalue weighted by atomic mass is 32.2. The first-order valence-corrected chi connectivity index (χ1v) is 8.76. The smallest absolute Gasteiger partial charge is 0.270 e. The third kappa shape index (κ3) is 4.77. The zero-order valence-corrected chi connectivity index (χ0v) is 14.1. The number of rotatable bonds is 7. The van der Waals surface area contributed by atoms with E-state index in [0.717, 1.165) is 11.6 Å². The van der Waals surface area contributed by atoms with E-state index >= 15 is 0 Å². The first-order valence-electron chi connectivity index (χ1n) is 7.27. The summed E-state index contributed by atoms with van der Waals surface area (Å²) in [7, 11) is -3.85. The highest BCUT2D eigenvalue weighted by molar-refractivity contribution is 7.89. The van der Waals surface area contributed by atoms with Crippen LogP contribution in [0, 0.1) is 10.1 Å². The first kappa shape index (κ1) is 17.9. The minimum absolute atomic E-state index is 0.0156. The molecule has 0 atom stereocenters. The molecular weight excluding hydrogens is 332 g/mol. The number of sulfonamides is 1. The molecule has 2 aromatic rings. The van der Waals surface area contributed by atoms with E-state index in [0.29, 0.717) is 5.75 Å². The topological polar surface area (TPSA) is 98.5 Å². The van der Waals surface area contributed by atoms with Crippen LogP contribution in [0.4, 0.5) is 5.69 Å². The molecule has 0 heterocycles. The zero-order chi connectivity index (χ0) is 17.7. The molecule has 0 aromatic heterocycles. The molecule has 0 saturated carbocycles. The molecule has 0 fully saturated rings. The van der Waals surface area contributed by atoms with E-state index in [1.807, 2.05) is 13.8 Å². The van der Waals surface area contributed by atoms with E-state index in [1.165, 1.54) is 18.2 Å². The maximum atomic E-state index is 12.3. The maximum Gasteiger partial charge on any atom is 0.270 e. The van der Waals surface area contributed by atoms with Crippen molar-refractivity contribution in [2.45, 2.75) is 31.4 Å². The highest BCUT2D eigenvalue weighted by Crippen LogP contribution is 2.18. The van der Waals surface area contributed by atoms with Gasteiger partial charge in [-0.15, -0.1) is 0 Å². The fourth-order valence-corrected chi connectivity index (χ4v) is 3.08. The second-order valence-corrected chi connectivity index (χ2v) is 7.16. The minimum atomic E-state index is -3.85. The molecule has 2 aromatic carbocycles. The Kier molecular flexibility index (Phi) is 5.53. The van der Waals surface area contributed by atoms with Crippen LogP contribution in [-0.4, -0.2) is 19.4 Å². The number of nitro benzene ring substituents is 1. The van der Waals surface area contributed by atoms with Crippen molar-refractivity contribution in [3.8, 4) is 5.75 Å². The van der Waals surface area contributed by atoms with Gasteiger partial charge in [0.15, 0.2) is 0 Å². The molecule has 24 heavy (non-hydrogen) atoms. The second-order valence-electron chi connectivity index (χ2n) is 5.39. The van der Waals surface area contributed by atoms with E-state index in [-0.39, 0.29) is 23.2 Å². The van der Waals surface area contributed by atoms with E-state index in [9.17, 15) is 18.5 Å². The number of nitro groups is 1. The summed E-state index contributed by atoms with van der Waals surface area (Å²) in [6.45, 7) is 3.86. The van der Waals surface area contributed by atoms with Crippen LogP contribution in [0.2, 0.25) is 0 Å². The molecule has 0 radical (unpaired) electrons. The van der Waals surface area contributed by atoms with E-state index in [1.54, 1.807) is 24.3 Å². The Morgan fingerprint density at radius 2 is 1.88 bits per heavy atom. The van der Waals surface area contributed by atoms with Gasteiger partial charge >= 0.3 is 0 Å². The number of nitrogens with zero attached hydrogens (tertiary/aromatic N) is 1. The molecule has 0 saturated heterocycles. The van der Waals surface area contributed by atoms with Gasteiger partial charge in [-0.3, -0.25) is 10.1 Å². The molecule has 7 nitrogen and oxygen atoms in total. The van der Waals surface area contributed by atoms with Crippen LogP contribution in [0.15, 0.2) is 53.4 Å². The molecule has 0 aliphatic heterocycles. The summed E-state index contributed by atoms with van der Waals surface area (Å²) in [5.41, 5.74) is 0.451. The molecule has 0 aliphatic rings. The summed E-state index contributed by atoms with van der Waals surface area (Å²) < 4.78 is 32.5. The lowest BCUT2D eigenvalue weighted by molar-refractivity contribution is -0.385. The Bertz CT molecular complexity index is 834. The highest BCUT2D eigenvalue weighted by Gasteiger charge is 2.17. The summed E-state index contributed by atoms with van der Waals surface area (Å²) >= 11 is 0. The van der Waals surface area contributed by atoms with E-state index in [4.69, 9.17) is 4.74 Å². The molecule has 0 bridgehead atoms. The average molecular weight is 350 g/mol. The molecule has 0 aliphatic carbocycles. The molecule has 128 valence electrons. The number of ether oxygens (including phenoxy) is 1. The molecule has 2 rings (SSSR count). The Hall–Kier alpha value is -2.45. The predicted octanol–water partition coefficient (Wildman–Crippen LogP) is 2.86. The Balaban J connectivity index is 2.13. The Morgan fingerprint density at radius 3 is 2.54 bits per heavy atom. The number of nitrogens with one attached hydrogen (secondary N) is 1. The summed E-state index contributed by atoms with van der Waals surface area (Å²) in [4.78, 5) is 9.98. The summed E-state index contributed by atoms with van der Waals surface area (Å²) in [5.74, 6) is 0.650. The monoisotopic (exact) mass is 350 g/mol. The van der Waals surface area contributed by atoms with Gasteiger partial charge in [-0.1, -0.05) is 18.2 Å². The van der Waals surface area contributed by atoms with Gasteiger partial charge < -0.3 is 4.74 Å². The van der Waals surface area contributed by atoms with Crippen LogP contribution in [0.1, 0.15) is 19.4 Å². The largest absolute Gasteiger partial charge is 0.491 e. The number of hydrogen-bond donors (Lipinski definition) is 1. The van der Waals surface area contributed by atoms with Crippen molar-refractivity contribution in [1.29, 1.82) is 0 Å². The third-order valence-corrected chi connectivity index (χ3v) is 4.47. The SMILES string of the molecule is CC(C)Oc1cccc(CNS(=O)(=O)c2cccc([N+](=O)[O-])c2)c1. The van der Waals surface area contributed by atoms with Crippen molar-refractivity contribution in [3.63, 3.8) is 0 Å². The second kappa shape index (κ2) is 7.41. The van der Waals surface area contributed by atoms with Gasteiger partial charge in [-0.05, 0) is 37.6 Å². The van der Waals surface area contributed by atoms with Crippen LogP contribution >= 0.6 is 0 Å². The normalized spacial score (nSPS) is 11.5. The number of non-ortho nitro benzene ring substituents is 1. The van der Waals surface area contributed by atoms with Crippen molar-refractivity contribution in [1.82, 2.24) is 4.72 Å². The van der Waals surface area contributed by atoms with Crippen molar-refractivity contribution >= 4 is 15.7 Å². The standard InChI is InChI=1S/C16H18N2O5S/c1-12(2)23-15-7-3-5-13(9-15)11-17-24(21,22)16-8-4-6-14(10-16)18(19)20/h3-10,12,17H,11H2,1-2H3. The molecule has 0 unspecified atom stereocenters. The third-order valence-electron chi connectivity index (χ3n) is 3.08. The van der Waals surface area contributed by atoms with Crippen LogP contribution in [0.5, 0.6) is 5.75 Å². The Labute approximate surface area is 140 Å². The zero-order valence-electron chi connectivity index (χ0n) is 13.3. The van der Waals surface area contributed by atoms with Gasteiger partial charge in [0.25, 0.3) is 5.69 Å². The fourth-order valence-electron chi connectivity index (χ4n) is 2.03. The summed E-state index contributed by atoms with van der Waals surface area (Å²) in [5, 5.41) is 10.8. The quantitative estimate of drug-likeness (QED) is 0.611. The molecular formula is C16H18N2O5S. The van der Waals surface area contributed by atoms with Crippen LogP contribution in [-0.2, 0) is 16.6 Å². The lowest BCUT2D eigenvalue weighted by atomic mass is 10.2. The lowest BCUT2D eigenvalue weighted by Gasteiger charge is -2.11. The van der Waals surface area contributed by atoms with Crippen molar-refractivity contribution in [3.05, 3.63) is 64.2 Å². The minimum Gasteiger partial charge on any atom is -0.491 e. The van der Waals surface area contributed by atoms with E-state index in [2.05, 4.69) is 4.72 Å². The average Bonchev–Trinajstić information content (AvgIpc) is 2.53. The van der Waals surface area contributed by atoms with Crippen LogP contribution in [0.25, 0.3) is 0 Å². The van der Waals surface area contributed by atoms with Crippen LogP contribution in [0.3, 0.4) is 0 Å². The van der Waals surface area contributed by atoms with Gasteiger partial charge in [0.05, 0.1) is 15.9 Å². The summed E-state index contributed by atoms with van der Waals surface area (Å²) in [6.07, 6.45) is 0.0156. The van der Waals surface area contributed by atoms with Gasteiger partial charge in [0, 0.05) is 18.7 Å². The maximum absolute atomic E-state index is 12.3. The van der Waals surface area contributed by atoms with E-state index < -0.39 is 14.9 Å².